The number of phenols is 1. The van der Waals surface area contributed by atoms with Gasteiger partial charge in [0.1, 0.15) is 22.7 Å². The molecule has 0 spiro atoms. The summed E-state index contributed by atoms with van der Waals surface area (Å²) in [7, 11) is 0. The van der Waals surface area contributed by atoms with E-state index in [1.165, 1.54) is 12.1 Å². The Morgan fingerprint density at radius 1 is 0.821 bits per heavy atom. The molecule has 0 amide bonds. The van der Waals surface area contributed by atoms with E-state index in [-0.39, 0.29) is 39.7 Å². The lowest BCUT2D eigenvalue weighted by Gasteiger charge is -2.21. The Bertz CT molecular complexity index is 1310. The smallest absolute Gasteiger partial charge is 0.343 e. The summed E-state index contributed by atoms with van der Waals surface area (Å²) in [6, 6.07) is 12.8. The standard InChI is InChI=1S/C22H18O6/c1-11(2)18(14-10-13-15(23)7-5-9-17(13)27-21(14)25)19-20(24)12-6-3-4-8-16(12)28-22(19)26/h3-11,18,23-24H,1-2H3. The van der Waals surface area contributed by atoms with Gasteiger partial charge in [0.15, 0.2) is 0 Å². The van der Waals surface area contributed by atoms with E-state index in [4.69, 9.17) is 8.83 Å². The largest absolute Gasteiger partial charge is 0.507 e. The number of hydrogen-bond donors (Lipinski definition) is 2. The van der Waals surface area contributed by atoms with Crippen molar-refractivity contribution in [3.63, 3.8) is 0 Å². The highest BCUT2D eigenvalue weighted by atomic mass is 16.4. The van der Waals surface area contributed by atoms with Gasteiger partial charge in [-0.05, 0) is 36.2 Å². The van der Waals surface area contributed by atoms with Crippen molar-refractivity contribution in [2.75, 3.05) is 0 Å². The predicted molar refractivity (Wildman–Crippen MR) is 105 cm³/mol. The normalized spacial score (nSPS) is 12.7. The van der Waals surface area contributed by atoms with E-state index in [0.29, 0.717) is 10.8 Å². The maximum Gasteiger partial charge on any atom is 0.343 e. The third-order valence-corrected chi connectivity index (χ3v) is 4.91. The SMILES string of the molecule is CC(C)C(c1cc2c(O)cccc2oc1=O)c1c(O)c2ccccc2oc1=O. The van der Waals surface area contributed by atoms with Crippen LogP contribution in [0.1, 0.15) is 30.9 Å². The van der Waals surface area contributed by atoms with Crippen molar-refractivity contribution in [1.82, 2.24) is 0 Å². The number of benzene rings is 2. The molecule has 28 heavy (non-hydrogen) atoms. The van der Waals surface area contributed by atoms with Crippen LogP contribution in [0.15, 0.2) is 67.0 Å². The molecule has 0 aliphatic rings. The van der Waals surface area contributed by atoms with Gasteiger partial charge in [-0.3, -0.25) is 0 Å². The minimum atomic E-state index is -0.777. The van der Waals surface area contributed by atoms with Crippen molar-refractivity contribution in [3.8, 4) is 11.5 Å². The summed E-state index contributed by atoms with van der Waals surface area (Å²) in [6.07, 6.45) is 0. The molecule has 1 unspecified atom stereocenters. The third-order valence-electron chi connectivity index (χ3n) is 4.91. The van der Waals surface area contributed by atoms with Crippen LogP contribution in [0, 0.1) is 5.92 Å². The molecule has 0 aliphatic carbocycles. The van der Waals surface area contributed by atoms with Gasteiger partial charge in [-0.2, -0.15) is 0 Å². The number of phenolic OH excluding ortho intramolecular Hbond substituents is 1. The number of rotatable bonds is 3. The van der Waals surface area contributed by atoms with Gasteiger partial charge in [-0.1, -0.05) is 32.0 Å². The first-order chi connectivity index (χ1) is 13.4. The topological polar surface area (TPSA) is 101 Å². The van der Waals surface area contributed by atoms with Crippen LogP contribution in [0.25, 0.3) is 21.9 Å². The summed E-state index contributed by atoms with van der Waals surface area (Å²) in [4.78, 5) is 25.4. The van der Waals surface area contributed by atoms with Crippen molar-refractivity contribution >= 4 is 21.9 Å². The van der Waals surface area contributed by atoms with E-state index in [1.54, 1.807) is 36.4 Å². The zero-order chi connectivity index (χ0) is 20.0. The number of para-hydroxylation sites is 1. The molecule has 1 atom stereocenters. The van der Waals surface area contributed by atoms with E-state index in [0.717, 1.165) is 0 Å². The highest BCUT2D eigenvalue weighted by molar-refractivity contribution is 5.85. The molecule has 2 aromatic carbocycles. The zero-order valence-corrected chi connectivity index (χ0v) is 15.3. The van der Waals surface area contributed by atoms with Crippen LogP contribution in [0.3, 0.4) is 0 Å². The van der Waals surface area contributed by atoms with Crippen molar-refractivity contribution in [2.24, 2.45) is 5.92 Å². The van der Waals surface area contributed by atoms with E-state index in [1.807, 2.05) is 13.8 Å². The lowest BCUT2D eigenvalue weighted by molar-refractivity contribution is 0.429. The fraction of sp³-hybridized carbons (Fsp3) is 0.182. The van der Waals surface area contributed by atoms with Crippen LogP contribution >= 0.6 is 0 Å². The molecule has 6 nitrogen and oxygen atoms in total. The van der Waals surface area contributed by atoms with Crippen LogP contribution < -0.4 is 11.3 Å². The first kappa shape index (κ1) is 17.9. The third kappa shape index (κ3) is 2.74. The van der Waals surface area contributed by atoms with Gasteiger partial charge < -0.3 is 19.0 Å². The molecule has 0 saturated carbocycles. The molecule has 2 N–H and O–H groups in total. The summed E-state index contributed by atoms with van der Waals surface area (Å²) in [5.74, 6) is -1.27. The minimum absolute atomic E-state index is 0.00392. The molecule has 0 radical (unpaired) electrons. The van der Waals surface area contributed by atoms with Crippen molar-refractivity contribution in [2.45, 2.75) is 19.8 Å². The Kier molecular flexibility index (Phi) is 4.19. The van der Waals surface area contributed by atoms with Gasteiger partial charge in [0, 0.05) is 11.5 Å². The Balaban J connectivity index is 2.05. The fourth-order valence-electron chi connectivity index (χ4n) is 3.63. The summed E-state index contributed by atoms with van der Waals surface area (Å²) < 4.78 is 10.7. The second-order valence-electron chi connectivity index (χ2n) is 7.05. The summed E-state index contributed by atoms with van der Waals surface area (Å²) in [5, 5.41) is 21.7. The number of aromatic hydroxyl groups is 2. The molecule has 0 saturated heterocycles. The van der Waals surface area contributed by atoms with Gasteiger partial charge in [0.05, 0.1) is 16.3 Å². The second-order valence-corrected chi connectivity index (χ2v) is 7.05. The van der Waals surface area contributed by atoms with Gasteiger partial charge in [-0.15, -0.1) is 0 Å². The van der Waals surface area contributed by atoms with Crippen LogP contribution in [0.2, 0.25) is 0 Å². The summed E-state index contributed by atoms with van der Waals surface area (Å²) >= 11 is 0. The van der Waals surface area contributed by atoms with E-state index in [2.05, 4.69) is 0 Å². The quantitative estimate of drug-likeness (QED) is 0.521. The zero-order valence-electron chi connectivity index (χ0n) is 15.3. The highest BCUT2D eigenvalue weighted by Gasteiger charge is 2.30. The Hall–Kier alpha value is -3.54. The Morgan fingerprint density at radius 3 is 2.21 bits per heavy atom. The van der Waals surface area contributed by atoms with Crippen LogP contribution in [-0.2, 0) is 0 Å². The van der Waals surface area contributed by atoms with Crippen molar-refractivity contribution < 1.29 is 19.0 Å². The van der Waals surface area contributed by atoms with Gasteiger partial charge in [0.2, 0.25) is 0 Å². The van der Waals surface area contributed by atoms with Gasteiger partial charge in [0.25, 0.3) is 0 Å². The summed E-state index contributed by atoms with van der Waals surface area (Å²) in [6.45, 7) is 3.65. The molecule has 2 heterocycles. The molecular weight excluding hydrogens is 360 g/mol. The average Bonchev–Trinajstić information content (AvgIpc) is 2.65. The van der Waals surface area contributed by atoms with Gasteiger partial charge in [-0.25, -0.2) is 9.59 Å². The van der Waals surface area contributed by atoms with Crippen LogP contribution in [0.5, 0.6) is 11.5 Å². The van der Waals surface area contributed by atoms with E-state index < -0.39 is 17.2 Å². The molecule has 142 valence electrons. The van der Waals surface area contributed by atoms with Crippen LogP contribution in [0.4, 0.5) is 0 Å². The van der Waals surface area contributed by atoms with Crippen LogP contribution in [-0.4, -0.2) is 10.2 Å². The minimum Gasteiger partial charge on any atom is -0.507 e. The fourth-order valence-corrected chi connectivity index (χ4v) is 3.63. The van der Waals surface area contributed by atoms with E-state index in [9.17, 15) is 19.8 Å². The molecule has 4 aromatic rings. The number of hydrogen-bond acceptors (Lipinski definition) is 6. The lowest BCUT2D eigenvalue weighted by atomic mass is 9.83. The molecule has 6 heteroatoms. The van der Waals surface area contributed by atoms with Crippen molar-refractivity contribution in [1.29, 1.82) is 0 Å². The number of fused-ring (bicyclic) bond motifs is 2. The maximum atomic E-state index is 12.7. The molecule has 0 aliphatic heterocycles. The molecular formula is C22H18O6. The summed E-state index contributed by atoms with van der Waals surface area (Å²) in [5.41, 5.74) is -0.682. The Morgan fingerprint density at radius 2 is 1.46 bits per heavy atom. The lowest BCUT2D eigenvalue weighted by Crippen LogP contribution is -2.23. The monoisotopic (exact) mass is 378 g/mol. The van der Waals surface area contributed by atoms with Gasteiger partial charge >= 0.3 is 11.3 Å². The Labute approximate surface area is 159 Å². The molecule has 2 aromatic heterocycles. The van der Waals surface area contributed by atoms with E-state index >= 15 is 0 Å². The highest BCUT2D eigenvalue weighted by Crippen LogP contribution is 2.38. The molecule has 0 bridgehead atoms. The average molecular weight is 378 g/mol. The first-order valence-corrected chi connectivity index (χ1v) is 8.89. The predicted octanol–water partition coefficient (Wildman–Crippen LogP) is 4.10. The maximum absolute atomic E-state index is 12.7. The molecule has 4 rings (SSSR count). The first-order valence-electron chi connectivity index (χ1n) is 8.89. The van der Waals surface area contributed by atoms with Crippen molar-refractivity contribution in [3.05, 3.63) is 80.5 Å². The molecule has 0 fully saturated rings. The second kappa shape index (κ2) is 6.56.